The molecule has 0 aliphatic carbocycles. The number of piperidine rings is 1. The van der Waals surface area contributed by atoms with Crippen molar-refractivity contribution >= 4 is 5.91 Å². The van der Waals surface area contributed by atoms with Crippen LogP contribution in [0.25, 0.3) is 5.82 Å². The number of aromatic nitrogens is 6. The van der Waals surface area contributed by atoms with Gasteiger partial charge in [-0.3, -0.25) is 9.36 Å². The molecule has 0 atom stereocenters. The molecule has 8 nitrogen and oxygen atoms in total. The Bertz CT molecular complexity index is 803. The summed E-state index contributed by atoms with van der Waals surface area (Å²) < 4.78 is 3.85. The molecule has 0 unspecified atom stereocenters. The van der Waals surface area contributed by atoms with Gasteiger partial charge in [0.25, 0.3) is 5.91 Å². The van der Waals surface area contributed by atoms with Crippen molar-refractivity contribution in [2.24, 2.45) is 5.92 Å². The average molecular weight is 337 g/mol. The Hall–Kier alpha value is -3.03. The quantitative estimate of drug-likeness (QED) is 0.719. The Kier molecular flexibility index (Phi) is 4.24. The average Bonchev–Trinajstić information content (AvgIpc) is 3.36. The highest BCUT2D eigenvalue weighted by atomic mass is 16.2. The molecule has 0 bridgehead atoms. The van der Waals surface area contributed by atoms with Crippen LogP contribution in [0.4, 0.5) is 0 Å². The summed E-state index contributed by atoms with van der Waals surface area (Å²) in [5, 5.41) is 8.20. The van der Waals surface area contributed by atoms with Crippen LogP contribution >= 0.6 is 0 Å². The standard InChI is InChI=1S/C17H19N7O/c25-17(15-1-2-16(21-20-15)24-10-6-19-13-24)23-7-3-14(4-8-23)11-22-9-5-18-12-22/h1-2,5-6,9-10,12-14H,3-4,7-8,11H2. The third kappa shape index (κ3) is 3.42. The Morgan fingerprint density at radius 2 is 1.84 bits per heavy atom. The van der Waals surface area contributed by atoms with Crippen molar-refractivity contribution in [3.05, 3.63) is 55.3 Å². The molecule has 1 aliphatic heterocycles. The van der Waals surface area contributed by atoms with Crippen molar-refractivity contribution in [1.29, 1.82) is 0 Å². The smallest absolute Gasteiger partial charge is 0.274 e. The van der Waals surface area contributed by atoms with Crippen molar-refractivity contribution in [2.75, 3.05) is 13.1 Å². The number of hydrogen-bond acceptors (Lipinski definition) is 5. The maximum atomic E-state index is 12.6. The molecule has 0 radical (unpaired) electrons. The van der Waals surface area contributed by atoms with Crippen molar-refractivity contribution in [3.8, 4) is 5.82 Å². The van der Waals surface area contributed by atoms with Crippen molar-refractivity contribution in [3.63, 3.8) is 0 Å². The van der Waals surface area contributed by atoms with Gasteiger partial charge in [0.05, 0.1) is 6.33 Å². The van der Waals surface area contributed by atoms with Gasteiger partial charge in [0.1, 0.15) is 6.33 Å². The Morgan fingerprint density at radius 3 is 2.48 bits per heavy atom. The summed E-state index contributed by atoms with van der Waals surface area (Å²) in [7, 11) is 0. The molecule has 8 heteroatoms. The first-order valence-electron chi connectivity index (χ1n) is 8.36. The van der Waals surface area contributed by atoms with Crippen LogP contribution in [0.3, 0.4) is 0 Å². The Morgan fingerprint density at radius 1 is 1.04 bits per heavy atom. The zero-order valence-electron chi connectivity index (χ0n) is 13.8. The monoisotopic (exact) mass is 337 g/mol. The lowest BCUT2D eigenvalue weighted by Gasteiger charge is -2.31. The summed E-state index contributed by atoms with van der Waals surface area (Å²) in [6.07, 6.45) is 12.7. The number of carbonyl (C=O) groups is 1. The summed E-state index contributed by atoms with van der Waals surface area (Å²) in [4.78, 5) is 22.5. The molecule has 4 rings (SSSR count). The van der Waals surface area contributed by atoms with Crippen LogP contribution in [0.15, 0.2) is 49.6 Å². The second kappa shape index (κ2) is 6.84. The minimum atomic E-state index is -0.0502. The summed E-state index contributed by atoms with van der Waals surface area (Å²) in [6.45, 7) is 2.47. The van der Waals surface area contributed by atoms with E-state index < -0.39 is 0 Å². The molecular formula is C17H19N7O. The van der Waals surface area contributed by atoms with Crippen LogP contribution in [-0.4, -0.2) is 53.2 Å². The van der Waals surface area contributed by atoms with Crippen molar-refractivity contribution < 1.29 is 4.79 Å². The second-order valence-electron chi connectivity index (χ2n) is 6.24. The van der Waals surface area contributed by atoms with E-state index in [1.807, 2.05) is 17.4 Å². The van der Waals surface area contributed by atoms with Crippen LogP contribution in [0.1, 0.15) is 23.3 Å². The first-order chi connectivity index (χ1) is 12.3. The van der Waals surface area contributed by atoms with Crippen LogP contribution < -0.4 is 0 Å². The van der Waals surface area contributed by atoms with E-state index in [4.69, 9.17) is 0 Å². The molecule has 25 heavy (non-hydrogen) atoms. The molecule has 1 fully saturated rings. The van der Waals surface area contributed by atoms with E-state index in [0.29, 0.717) is 17.4 Å². The van der Waals surface area contributed by atoms with Crippen LogP contribution in [0, 0.1) is 5.92 Å². The van der Waals surface area contributed by atoms with E-state index >= 15 is 0 Å². The Balaban J connectivity index is 1.35. The summed E-state index contributed by atoms with van der Waals surface area (Å²) >= 11 is 0. The summed E-state index contributed by atoms with van der Waals surface area (Å²) in [5.74, 6) is 1.17. The number of amides is 1. The highest BCUT2D eigenvalue weighted by molar-refractivity contribution is 5.92. The molecule has 4 heterocycles. The van der Waals surface area contributed by atoms with Crippen LogP contribution in [0.2, 0.25) is 0 Å². The van der Waals surface area contributed by atoms with E-state index in [9.17, 15) is 4.79 Å². The number of rotatable bonds is 4. The van der Waals surface area contributed by atoms with Gasteiger partial charge in [-0.05, 0) is 30.9 Å². The zero-order chi connectivity index (χ0) is 17.1. The highest BCUT2D eigenvalue weighted by Gasteiger charge is 2.24. The molecule has 0 spiro atoms. The fraction of sp³-hybridized carbons (Fsp3) is 0.353. The van der Waals surface area contributed by atoms with E-state index in [1.165, 1.54) is 0 Å². The predicted molar refractivity (Wildman–Crippen MR) is 90.0 cm³/mol. The predicted octanol–water partition coefficient (Wildman–Crippen LogP) is 1.41. The molecule has 3 aromatic rings. The normalized spacial score (nSPS) is 15.4. The van der Waals surface area contributed by atoms with Gasteiger partial charge < -0.3 is 9.47 Å². The van der Waals surface area contributed by atoms with Gasteiger partial charge in [-0.25, -0.2) is 9.97 Å². The van der Waals surface area contributed by atoms with Gasteiger partial charge in [0.15, 0.2) is 11.5 Å². The second-order valence-corrected chi connectivity index (χ2v) is 6.24. The van der Waals surface area contributed by atoms with Crippen molar-refractivity contribution in [1.82, 2.24) is 34.2 Å². The fourth-order valence-electron chi connectivity index (χ4n) is 3.15. The maximum Gasteiger partial charge on any atom is 0.274 e. The fourth-order valence-corrected chi connectivity index (χ4v) is 3.15. The molecule has 0 aromatic carbocycles. The largest absolute Gasteiger partial charge is 0.337 e. The lowest BCUT2D eigenvalue weighted by Crippen LogP contribution is -2.39. The summed E-state index contributed by atoms with van der Waals surface area (Å²) in [6, 6.07) is 3.51. The molecule has 1 aliphatic rings. The molecule has 1 amide bonds. The number of likely N-dealkylation sites (tertiary alicyclic amines) is 1. The van der Waals surface area contributed by atoms with Gasteiger partial charge in [-0.1, -0.05) is 0 Å². The molecular weight excluding hydrogens is 318 g/mol. The highest BCUT2D eigenvalue weighted by Crippen LogP contribution is 2.20. The third-order valence-electron chi connectivity index (χ3n) is 4.57. The lowest BCUT2D eigenvalue weighted by atomic mass is 9.96. The van der Waals surface area contributed by atoms with Gasteiger partial charge in [0.2, 0.25) is 0 Å². The number of hydrogen-bond donors (Lipinski definition) is 0. The van der Waals surface area contributed by atoms with Gasteiger partial charge in [-0.15, -0.1) is 10.2 Å². The minimum absolute atomic E-state index is 0.0502. The minimum Gasteiger partial charge on any atom is -0.337 e. The molecule has 3 aromatic heterocycles. The van der Waals surface area contributed by atoms with E-state index in [0.717, 1.165) is 32.5 Å². The number of nitrogens with zero attached hydrogens (tertiary/aromatic N) is 7. The molecule has 128 valence electrons. The molecule has 1 saturated heterocycles. The lowest BCUT2D eigenvalue weighted by molar-refractivity contribution is 0.0675. The number of carbonyl (C=O) groups excluding carboxylic acids is 1. The maximum absolute atomic E-state index is 12.6. The zero-order valence-corrected chi connectivity index (χ0v) is 13.8. The van der Waals surface area contributed by atoms with Crippen LogP contribution in [0.5, 0.6) is 0 Å². The van der Waals surface area contributed by atoms with Gasteiger partial charge in [0, 0.05) is 44.4 Å². The topological polar surface area (TPSA) is 81.7 Å². The van der Waals surface area contributed by atoms with Gasteiger partial charge >= 0.3 is 0 Å². The van der Waals surface area contributed by atoms with Crippen LogP contribution in [-0.2, 0) is 6.54 Å². The molecule has 0 N–H and O–H groups in total. The molecule has 0 saturated carbocycles. The SMILES string of the molecule is O=C(c1ccc(-n2ccnc2)nn1)N1CCC(Cn2ccnc2)CC1. The summed E-state index contributed by atoms with van der Waals surface area (Å²) in [5.41, 5.74) is 0.386. The first-order valence-corrected chi connectivity index (χ1v) is 8.36. The van der Waals surface area contributed by atoms with E-state index in [2.05, 4.69) is 24.7 Å². The van der Waals surface area contributed by atoms with E-state index in [-0.39, 0.29) is 5.91 Å². The van der Waals surface area contributed by atoms with Gasteiger partial charge in [-0.2, -0.15) is 0 Å². The first kappa shape index (κ1) is 15.5. The van der Waals surface area contributed by atoms with Crippen molar-refractivity contribution in [2.45, 2.75) is 19.4 Å². The number of imidazole rings is 2. The Labute approximate surface area is 145 Å². The van der Waals surface area contributed by atoms with E-state index in [1.54, 1.807) is 41.6 Å². The third-order valence-corrected chi connectivity index (χ3v) is 4.57.